The van der Waals surface area contributed by atoms with Crippen LogP contribution in [0.5, 0.6) is 0 Å². The zero-order valence-electron chi connectivity index (χ0n) is 14.2. The summed E-state index contributed by atoms with van der Waals surface area (Å²) in [5.74, 6) is 2.33. The molecule has 1 aliphatic heterocycles. The number of rotatable bonds is 3. The molecule has 0 aromatic rings. The number of carbonyl (C=O) groups excluding carboxylic acids is 2. The number of hydrogen-bond donors (Lipinski definition) is 2. The number of carbonyl (C=O) groups is 2. The van der Waals surface area contributed by atoms with E-state index in [0.717, 1.165) is 24.7 Å². The topological polar surface area (TPSA) is 70.7 Å². The van der Waals surface area contributed by atoms with Crippen molar-refractivity contribution < 1.29 is 14.3 Å². The molecule has 5 atom stereocenters. The van der Waals surface area contributed by atoms with Crippen LogP contribution in [-0.4, -0.2) is 49.3 Å². The van der Waals surface area contributed by atoms with Crippen LogP contribution in [0.2, 0.25) is 0 Å². The molecular formula is C17H29N3O3. The van der Waals surface area contributed by atoms with E-state index >= 15 is 0 Å². The Hall–Kier alpha value is -1.46. The van der Waals surface area contributed by atoms with Crippen molar-refractivity contribution >= 4 is 12.1 Å². The third kappa shape index (κ3) is 3.72. The van der Waals surface area contributed by atoms with E-state index in [1.807, 2.05) is 0 Å². The van der Waals surface area contributed by atoms with Gasteiger partial charge in [0.1, 0.15) is 0 Å². The molecule has 6 nitrogen and oxygen atoms in total. The molecule has 2 bridgehead atoms. The lowest BCUT2D eigenvalue weighted by atomic mass is 9.84. The maximum Gasteiger partial charge on any atom is 0.409 e. The fourth-order valence-electron chi connectivity index (χ4n) is 4.84. The minimum absolute atomic E-state index is 0.00933. The van der Waals surface area contributed by atoms with Crippen molar-refractivity contribution in [2.75, 3.05) is 20.2 Å². The first-order valence-electron chi connectivity index (χ1n) is 8.96. The molecule has 6 heteroatoms. The fraction of sp³-hybridized carbons (Fsp3) is 0.882. The van der Waals surface area contributed by atoms with Crippen LogP contribution in [0.1, 0.15) is 45.4 Å². The van der Waals surface area contributed by atoms with E-state index in [-0.39, 0.29) is 24.2 Å². The summed E-state index contributed by atoms with van der Waals surface area (Å²) in [5, 5.41) is 6.15. The van der Waals surface area contributed by atoms with Crippen molar-refractivity contribution in [1.82, 2.24) is 15.5 Å². The molecule has 2 aliphatic carbocycles. The first-order chi connectivity index (χ1) is 11.1. The predicted octanol–water partition coefficient (Wildman–Crippen LogP) is 2.34. The number of hydrogen-bond acceptors (Lipinski definition) is 3. The molecule has 0 aromatic carbocycles. The van der Waals surface area contributed by atoms with Gasteiger partial charge in [0.25, 0.3) is 0 Å². The number of ether oxygens (including phenoxy) is 1. The number of nitrogens with one attached hydrogen (secondary N) is 2. The van der Waals surface area contributed by atoms with E-state index in [4.69, 9.17) is 4.74 Å². The molecule has 0 aromatic heterocycles. The van der Waals surface area contributed by atoms with E-state index in [1.165, 1.54) is 32.8 Å². The van der Waals surface area contributed by atoms with Gasteiger partial charge in [0.05, 0.1) is 7.11 Å². The van der Waals surface area contributed by atoms with Gasteiger partial charge in [-0.15, -0.1) is 0 Å². The minimum Gasteiger partial charge on any atom is -0.453 e. The second-order valence-corrected chi connectivity index (χ2v) is 7.50. The summed E-state index contributed by atoms with van der Waals surface area (Å²) in [6.45, 7) is 3.36. The quantitative estimate of drug-likeness (QED) is 0.837. The normalized spacial score (nSPS) is 34.1. The van der Waals surface area contributed by atoms with Gasteiger partial charge in [-0.1, -0.05) is 6.42 Å². The Labute approximate surface area is 138 Å². The van der Waals surface area contributed by atoms with E-state index in [9.17, 15) is 9.59 Å². The number of nitrogens with zero attached hydrogens (tertiary/aromatic N) is 1. The van der Waals surface area contributed by atoms with Crippen LogP contribution < -0.4 is 10.6 Å². The Morgan fingerprint density at radius 1 is 1.22 bits per heavy atom. The molecule has 1 heterocycles. The van der Waals surface area contributed by atoms with Crippen molar-refractivity contribution in [3.8, 4) is 0 Å². The molecule has 130 valence electrons. The SMILES string of the molecule is COC(=O)N1CCCC(NC(=O)NC(C)C2CC3CCC2C3)C1. The van der Waals surface area contributed by atoms with Gasteiger partial charge in [0.15, 0.2) is 0 Å². The average Bonchev–Trinajstić information content (AvgIpc) is 3.17. The standard InChI is InChI=1S/C17H29N3O3/c1-11(15-9-12-5-6-13(15)8-12)18-16(21)19-14-4-3-7-20(10-14)17(22)23-2/h11-15H,3-10H2,1-2H3,(H2,18,19,21). The monoisotopic (exact) mass is 323 g/mol. The van der Waals surface area contributed by atoms with Crippen LogP contribution in [0.15, 0.2) is 0 Å². The third-order valence-corrected chi connectivity index (χ3v) is 5.98. The number of likely N-dealkylation sites (tertiary alicyclic amines) is 1. The molecule has 0 radical (unpaired) electrons. The molecule has 2 N–H and O–H groups in total. The maximum absolute atomic E-state index is 12.3. The first kappa shape index (κ1) is 16.4. The smallest absolute Gasteiger partial charge is 0.409 e. The van der Waals surface area contributed by atoms with Crippen LogP contribution in [0.25, 0.3) is 0 Å². The minimum atomic E-state index is -0.313. The molecule has 3 aliphatic rings. The Bertz CT molecular complexity index is 456. The molecule has 3 amide bonds. The van der Waals surface area contributed by atoms with Gasteiger partial charge in [-0.05, 0) is 56.8 Å². The van der Waals surface area contributed by atoms with E-state index in [1.54, 1.807) is 4.90 Å². The predicted molar refractivity (Wildman–Crippen MR) is 87.1 cm³/mol. The van der Waals surface area contributed by atoms with E-state index in [0.29, 0.717) is 19.0 Å². The van der Waals surface area contributed by atoms with Crippen molar-refractivity contribution in [3.63, 3.8) is 0 Å². The number of methoxy groups -OCH3 is 1. The number of piperidine rings is 1. The summed E-state index contributed by atoms with van der Waals surface area (Å²) < 4.78 is 4.76. The maximum atomic E-state index is 12.3. The largest absolute Gasteiger partial charge is 0.453 e. The lowest BCUT2D eigenvalue weighted by Crippen LogP contribution is -2.54. The molecule has 0 spiro atoms. The molecule has 5 unspecified atom stereocenters. The first-order valence-corrected chi connectivity index (χ1v) is 8.96. The Balaban J connectivity index is 1.44. The summed E-state index contributed by atoms with van der Waals surface area (Å²) in [5.41, 5.74) is 0. The zero-order valence-corrected chi connectivity index (χ0v) is 14.2. The van der Waals surface area contributed by atoms with E-state index in [2.05, 4.69) is 17.6 Å². The highest BCUT2D eigenvalue weighted by Gasteiger charge is 2.42. The second kappa shape index (κ2) is 6.97. The van der Waals surface area contributed by atoms with Crippen LogP contribution in [0.4, 0.5) is 9.59 Å². The van der Waals surface area contributed by atoms with Gasteiger partial charge < -0.3 is 20.3 Å². The van der Waals surface area contributed by atoms with Crippen LogP contribution >= 0.6 is 0 Å². The van der Waals surface area contributed by atoms with Gasteiger partial charge >= 0.3 is 12.1 Å². The number of fused-ring (bicyclic) bond motifs is 2. The highest BCUT2D eigenvalue weighted by Crippen LogP contribution is 2.49. The average molecular weight is 323 g/mol. The summed E-state index contributed by atoms with van der Waals surface area (Å²) in [7, 11) is 1.39. The molecule has 2 saturated carbocycles. The molecular weight excluding hydrogens is 294 g/mol. The fourth-order valence-corrected chi connectivity index (χ4v) is 4.84. The molecule has 23 heavy (non-hydrogen) atoms. The highest BCUT2D eigenvalue weighted by atomic mass is 16.5. The van der Waals surface area contributed by atoms with Gasteiger partial charge in [-0.2, -0.15) is 0 Å². The molecule has 3 fully saturated rings. The van der Waals surface area contributed by atoms with Crippen molar-refractivity contribution in [3.05, 3.63) is 0 Å². The van der Waals surface area contributed by atoms with Gasteiger partial charge in [-0.25, -0.2) is 9.59 Å². The lowest BCUT2D eigenvalue weighted by Gasteiger charge is -2.33. The molecule has 3 rings (SSSR count). The van der Waals surface area contributed by atoms with Gasteiger partial charge in [0.2, 0.25) is 0 Å². The van der Waals surface area contributed by atoms with Crippen molar-refractivity contribution in [1.29, 1.82) is 0 Å². The Morgan fingerprint density at radius 3 is 2.70 bits per heavy atom. The Kier molecular flexibility index (Phi) is 4.97. The van der Waals surface area contributed by atoms with E-state index < -0.39 is 0 Å². The number of urea groups is 1. The number of amides is 3. The van der Waals surface area contributed by atoms with Crippen LogP contribution in [-0.2, 0) is 4.74 Å². The summed E-state index contributed by atoms with van der Waals surface area (Å²) in [6.07, 6.45) is 6.82. The Morgan fingerprint density at radius 2 is 2.04 bits per heavy atom. The second-order valence-electron chi connectivity index (χ2n) is 7.50. The van der Waals surface area contributed by atoms with Crippen molar-refractivity contribution in [2.45, 2.75) is 57.5 Å². The van der Waals surface area contributed by atoms with Crippen molar-refractivity contribution in [2.24, 2.45) is 17.8 Å². The molecule has 1 saturated heterocycles. The lowest BCUT2D eigenvalue weighted by molar-refractivity contribution is 0.108. The highest BCUT2D eigenvalue weighted by molar-refractivity contribution is 5.75. The van der Waals surface area contributed by atoms with Crippen LogP contribution in [0, 0.1) is 17.8 Å². The van der Waals surface area contributed by atoms with Crippen LogP contribution in [0.3, 0.4) is 0 Å². The van der Waals surface area contributed by atoms with Gasteiger partial charge in [-0.3, -0.25) is 0 Å². The third-order valence-electron chi connectivity index (χ3n) is 5.98. The zero-order chi connectivity index (χ0) is 16.4. The summed E-state index contributed by atoms with van der Waals surface area (Å²) in [4.78, 5) is 25.5. The summed E-state index contributed by atoms with van der Waals surface area (Å²) >= 11 is 0. The van der Waals surface area contributed by atoms with Gasteiger partial charge in [0, 0.05) is 25.2 Å². The summed E-state index contributed by atoms with van der Waals surface area (Å²) in [6, 6.07) is 0.137.